The zero-order valence-electron chi connectivity index (χ0n) is 20.2. The standard InChI is InChI=1S/C24H27N3O10S/c1-27(8-9-35-13-4-2-12(3-5-13)10-15-21(31)26-24(34)38-15)16-7-6-14(11-25-16)36-23-19(30)17(28)18(29)20(37-23)22(32)33/h2-7,11,15,17-20,23,28-30H,8-10H2,1H3,(H,32,33)(H,26,31,34). The molecule has 2 aromatic rings. The summed E-state index contributed by atoms with van der Waals surface area (Å²) >= 11 is 0.990. The lowest BCUT2D eigenvalue weighted by Gasteiger charge is -2.38. The average molecular weight is 550 g/mol. The third-order valence-electron chi connectivity index (χ3n) is 5.98. The zero-order valence-corrected chi connectivity index (χ0v) is 21.0. The number of nitrogens with one attached hydrogen (secondary N) is 1. The third kappa shape index (κ3) is 6.52. The fourth-order valence-corrected chi connectivity index (χ4v) is 4.69. The first-order chi connectivity index (χ1) is 18.1. The normalized spacial score (nSPS) is 27.1. The van der Waals surface area contributed by atoms with Crippen LogP contribution in [-0.2, 0) is 20.7 Å². The Labute approximate surface area is 221 Å². The van der Waals surface area contributed by atoms with E-state index in [2.05, 4.69) is 10.3 Å². The van der Waals surface area contributed by atoms with E-state index in [9.17, 15) is 29.7 Å². The number of likely N-dealkylation sites (N-methyl/N-ethyl adjacent to an activating group) is 1. The molecule has 0 spiro atoms. The van der Waals surface area contributed by atoms with Gasteiger partial charge >= 0.3 is 5.97 Å². The van der Waals surface area contributed by atoms with Gasteiger partial charge in [-0.3, -0.25) is 14.9 Å². The van der Waals surface area contributed by atoms with Crippen LogP contribution in [0.2, 0.25) is 0 Å². The number of carboxylic acids is 1. The Morgan fingerprint density at radius 1 is 1.08 bits per heavy atom. The van der Waals surface area contributed by atoms with Crippen LogP contribution in [0.15, 0.2) is 42.6 Å². The number of ether oxygens (including phenoxy) is 3. The lowest BCUT2D eigenvalue weighted by atomic mass is 9.99. The van der Waals surface area contributed by atoms with E-state index in [4.69, 9.17) is 19.3 Å². The number of aliphatic hydroxyl groups is 3. The summed E-state index contributed by atoms with van der Waals surface area (Å²) in [4.78, 5) is 40.3. The molecule has 2 aliphatic rings. The largest absolute Gasteiger partial charge is 0.492 e. The molecular formula is C24H27N3O10S. The second kappa shape index (κ2) is 12.0. The number of pyridine rings is 1. The second-order valence-electron chi connectivity index (χ2n) is 8.71. The van der Waals surface area contributed by atoms with E-state index in [0.29, 0.717) is 31.1 Å². The Bertz CT molecular complexity index is 1150. The van der Waals surface area contributed by atoms with Crippen molar-refractivity contribution < 1.29 is 49.0 Å². The molecule has 6 unspecified atom stereocenters. The number of aliphatic carboxylic acids is 1. The fraction of sp³-hybridized carbons (Fsp3) is 0.417. The molecule has 4 rings (SSSR count). The molecule has 6 atom stereocenters. The predicted octanol–water partition coefficient (Wildman–Crippen LogP) is -0.238. The summed E-state index contributed by atoms with van der Waals surface area (Å²) < 4.78 is 16.3. The van der Waals surface area contributed by atoms with Crippen LogP contribution < -0.4 is 19.7 Å². The van der Waals surface area contributed by atoms with Gasteiger partial charge in [0, 0.05) is 7.05 Å². The van der Waals surface area contributed by atoms with Crippen molar-refractivity contribution in [2.45, 2.75) is 42.4 Å². The number of hydrogen-bond acceptors (Lipinski definition) is 12. The molecule has 14 heteroatoms. The van der Waals surface area contributed by atoms with Gasteiger partial charge in [-0.15, -0.1) is 0 Å². The number of benzene rings is 1. The Morgan fingerprint density at radius 3 is 2.39 bits per heavy atom. The number of imide groups is 1. The third-order valence-corrected chi connectivity index (χ3v) is 6.97. The van der Waals surface area contributed by atoms with Crippen molar-refractivity contribution in [2.75, 3.05) is 25.1 Å². The molecule has 38 heavy (non-hydrogen) atoms. The Morgan fingerprint density at radius 2 is 1.79 bits per heavy atom. The minimum atomic E-state index is -1.80. The van der Waals surface area contributed by atoms with Crippen LogP contribution in [-0.4, -0.2) is 98.7 Å². The van der Waals surface area contributed by atoms with Crippen molar-refractivity contribution in [3.05, 3.63) is 48.2 Å². The highest BCUT2D eigenvalue weighted by Crippen LogP contribution is 2.26. The molecule has 0 aliphatic carbocycles. The lowest BCUT2D eigenvalue weighted by molar-refractivity contribution is -0.271. The number of aliphatic hydroxyl groups excluding tert-OH is 3. The minimum Gasteiger partial charge on any atom is -0.492 e. The van der Waals surface area contributed by atoms with Gasteiger partial charge < -0.3 is 39.5 Å². The SMILES string of the molecule is CN(CCOc1ccc(CC2SC(=O)NC2=O)cc1)c1ccc(OC2OC(C(=O)O)C(O)C(O)C2O)cn1. The van der Waals surface area contributed by atoms with E-state index in [-0.39, 0.29) is 16.9 Å². The van der Waals surface area contributed by atoms with Crippen LogP contribution in [0.5, 0.6) is 11.5 Å². The number of thioether (sulfide) groups is 1. The Hall–Kier alpha value is -3.43. The first kappa shape index (κ1) is 27.6. The molecule has 0 bridgehead atoms. The molecular weight excluding hydrogens is 522 g/mol. The van der Waals surface area contributed by atoms with Gasteiger partial charge in [-0.05, 0) is 36.2 Å². The summed E-state index contributed by atoms with van der Waals surface area (Å²) in [6.07, 6.45) is -6.70. The lowest BCUT2D eigenvalue weighted by Crippen LogP contribution is -2.61. The van der Waals surface area contributed by atoms with Gasteiger partial charge in [0.2, 0.25) is 12.2 Å². The van der Waals surface area contributed by atoms with Crippen molar-refractivity contribution in [3.8, 4) is 11.5 Å². The molecule has 2 saturated heterocycles. The smallest absolute Gasteiger partial charge is 0.335 e. The highest BCUT2D eigenvalue weighted by molar-refractivity contribution is 8.15. The fourth-order valence-electron chi connectivity index (χ4n) is 3.83. The van der Waals surface area contributed by atoms with Crippen molar-refractivity contribution in [3.63, 3.8) is 0 Å². The maximum Gasteiger partial charge on any atom is 0.335 e. The first-order valence-electron chi connectivity index (χ1n) is 11.6. The molecule has 204 valence electrons. The van der Waals surface area contributed by atoms with E-state index < -0.39 is 41.9 Å². The zero-order chi connectivity index (χ0) is 27.4. The number of amides is 2. The summed E-state index contributed by atoms with van der Waals surface area (Å²) in [5.74, 6) is -0.381. The first-order valence-corrected chi connectivity index (χ1v) is 12.5. The molecule has 2 aliphatic heterocycles. The van der Waals surface area contributed by atoms with Crippen LogP contribution in [0.4, 0.5) is 10.6 Å². The molecule has 2 amide bonds. The number of carbonyl (C=O) groups is 3. The molecule has 13 nitrogen and oxygen atoms in total. The summed E-state index contributed by atoms with van der Waals surface area (Å²) in [5.41, 5.74) is 0.915. The van der Waals surface area contributed by atoms with Gasteiger partial charge in [0.05, 0.1) is 18.0 Å². The van der Waals surface area contributed by atoms with Crippen molar-refractivity contribution in [1.82, 2.24) is 10.3 Å². The second-order valence-corrected chi connectivity index (χ2v) is 9.88. The van der Waals surface area contributed by atoms with Crippen molar-refractivity contribution in [2.24, 2.45) is 0 Å². The minimum absolute atomic E-state index is 0.160. The van der Waals surface area contributed by atoms with E-state index >= 15 is 0 Å². The van der Waals surface area contributed by atoms with Crippen molar-refractivity contribution >= 4 is 34.7 Å². The summed E-state index contributed by atoms with van der Waals surface area (Å²) in [5, 5.41) is 40.4. The number of carboxylic acid groups (broad SMARTS) is 1. The van der Waals surface area contributed by atoms with Gasteiger partial charge in [-0.25, -0.2) is 9.78 Å². The van der Waals surface area contributed by atoms with Gasteiger partial charge in [0.15, 0.2) is 6.10 Å². The summed E-state index contributed by atoms with van der Waals surface area (Å²) in [7, 11) is 1.81. The number of anilines is 1. The molecule has 0 radical (unpaired) electrons. The monoisotopic (exact) mass is 549 g/mol. The van der Waals surface area contributed by atoms with E-state index in [1.165, 1.54) is 12.3 Å². The summed E-state index contributed by atoms with van der Waals surface area (Å²) in [6.45, 7) is 0.842. The van der Waals surface area contributed by atoms with Crippen LogP contribution in [0.25, 0.3) is 0 Å². The molecule has 2 fully saturated rings. The number of rotatable bonds is 10. The Balaban J connectivity index is 1.24. The number of aromatic nitrogens is 1. The molecule has 3 heterocycles. The van der Waals surface area contributed by atoms with Crippen LogP contribution >= 0.6 is 11.8 Å². The molecule has 5 N–H and O–H groups in total. The van der Waals surface area contributed by atoms with Crippen LogP contribution in [0.3, 0.4) is 0 Å². The van der Waals surface area contributed by atoms with Crippen LogP contribution in [0.1, 0.15) is 5.56 Å². The highest BCUT2D eigenvalue weighted by Gasteiger charge is 2.48. The van der Waals surface area contributed by atoms with Crippen molar-refractivity contribution in [1.29, 1.82) is 0 Å². The number of carbonyl (C=O) groups excluding carboxylic acids is 2. The van der Waals surface area contributed by atoms with E-state index in [1.54, 1.807) is 18.2 Å². The van der Waals surface area contributed by atoms with Gasteiger partial charge in [-0.1, -0.05) is 23.9 Å². The maximum absolute atomic E-state index is 11.7. The Kier molecular flexibility index (Phi) is 8.69. The van der Waals surface area contributed by atoms with Crippen LogP contribution in [0, 0.1) is 0 Å². The van der Waals surface area contributed by atoms with Gasteiger partial charge in [0.1, 0.15) is 42.2 Å². The topological polar surface area (TPSA) is 188 Å². The van der Waals surface area contributed by atoms with E-state index in [0.717, 1.165) is 17.3 Å². The highest BCUT2D eigenvalue weighted by atomic mass is 32.2. The average Bonchev–Trinajstić information content (AvgIpc) is 3.21. The molecule has 1 aromatic carbocycles. The van der Waals surface area contributed by atoms with E-state index in [1.807, 2.05) is 24.1 Å². The number of hydrogen-bond donors (Lipinski definition) is 5. The number of nitrogens with zero attached hydrogens (tertiary/aromatic N) is 2. The van der Waals surface area contributed by atoms with Gasteiger partial charge in [-0.2, -0.15) is 0 Å². The molecule has 1 aromatic heterocycles. The predicted molar refractivity (Wildman–Crippen MR) is 133 cm³/mol. The maximum atomic E-state index is 11.7. The summed E-state index contributed by atoms with van der Waals surface area (Å²) in [6, 6.07) is 10.5. The van der Waals surface area contributed by atoms with Gasteiger partial charge in [0.25, 0.3) is 5.24 Å². The molecule has 0 saturated carbocycles. The quantitative estimate of drug-likeness (QED) is 0.261.